The molecule has 1 aliphatic carbocycles. The number of halogens is 1. The monoisotopic (exact) mass is 380 g/mol. The molecule has 0 unspecified atom stereocenters. The van der Waals surface area contributed by atoms with Crippen molar-refractivity contribution in [3.63, 3.8) is 0 Å². The normalized spacial score (nSPS) is 19.8. The van der Waals surface area contributed by atoms with Gasteiger partial charge in [0.25, 0.3) is 0 Å². The van der Waals surface area contributed by atoms with E-state index in [0.29, 0.717) is 6.42 Å². The number of carboxylic acid groups (broad SMARTS) is 1. The molecule has 2 aliphatic rings. The summed E-state index contributed by atoms with van der Waals surface area (Å²) < 4.78 is 0. The molecule has 5 nitrogen and oxygen atoms in total. The highest BCUT2D eigenvalue weighted by Gasteiger charge is 2.39. The Hall–Kier alpha value is -1.59. The first-order valence-electron chi connectivity index (χ1n) is 9.32. The largest absolute Gasteiger partial charge is 0.481 e. The second-order valence-electron chi connectivity index (χ2n) is 7.60. The number of amides is 1. The molecule has 1 aliphatic heterocycles. The summed E-state index contributed by atoms with van der Waals surface area (Å²) in [6, 6.07) is 10.4. The second-order valence-corrected chi connectivity index (χ2v) is 7.60. The second kappa shape index (κ2) is 9.38. The van der Waals surface area contributed by atoms with E-state index in [2.05, 4.69) is 29.2 Å². The third-order valence-corrected chi connectivity index (χ3v) is 5.69. The van der Waals surface area contributed by atoms with Crippen molar-refractivity contribution in [2.75, 3.05) is 26.2 Å². The van der Waals surface area contributed by atoms with Crippen LogP contribution in [0.1, 0.15) is 44.1 Å². The predicted octanol–water partition coefficient (Wildman–Crippen LogP) is 3.18. The van der Waals surface area contributed by atoms with Crippen molar-refractivity contribution in [2.24, 2.45) is 5.41 Å². The van der Waals surface area contributed by atoms with E-state index in [0.717, 1.165) is 58.4 Å². The van der Waals surface area contributed by atoms with Crippen molar-refractivity contribution in [3.05, 3.63) is 35.9 Å². The first-order valence-corrected chi connectivity index (χ1v) is 9.32. The van der Waals surface area contributed by atoms with Gasteiger partial charge in [0.2, 0.25) is 5.91 Å². The summed E-state index contributed by atoms with van der Waals surface area (Å²) in [4.78, 5) is 28.2. The third-order valence-electron chi connectivity index (χ3n) is 5.69. The number of piperazine rings is 1. The van der Waals surface area contributed by atoms with E-state index in [9.17, 15) is 14.7 Å². The lowest BCUT2D eigenvalue weighted by atomic mass is 9.79. The van der Waals surface area contributed by atoms with Crippen LogP contribution >= 0.6 is 12.4 Å². The minimum absolute atomic E-state index is 0. The number of aliphatic carboxylic acids is 1. The maximum Gasteiger partial charge on any atom is 0.303 e. The molecular formula is C20H29ClN2O3. The zero-order valence-corrected chi connectivity index (χ0v) is 16.0. The summed E-state index contributed by atoms with van der Waals surface area (Å²) in [5, 5.41) is 9.21. The zero-order valence-electron chi connectivity index (χ0n) is 15.2. The molecule has 26 heavy (non-hydrogen) atoms. The van der Waals surface area contributed by atoms with Crippen molar-refractivity contribution < 1.29 is 14.7 Å². The van der Waals surface area contributed by atoms with Gasteiger partial charge in [0, 0.05) is 39.1 Å². The van der Waals surface area contributed by atoms with Crippen molar-refractivity contribution in [3.8, 4) is 0 Å². The van der Waals surface area contributed by atoms with Gasteiger partial charge in [-0.3, -0.25) is 14.5 Å². The Morgan fingerprint density at radius 2 is 1.58 bits per heavy atom. The van der Waals surface area contributed by atoms with Gasteiger partial charge in [-0.15, -0.1) is 12.4 Å². The molecule has 0 spiro atoms. The van der Waals surface area contributed by atoms with Gasteiger partial charge in [0.05, 0.1) is 6.42 Å². The van der Waals surface area contributed by atoms with E-state index in [1.807, 2.05) is 11.0 Å². The molecule has 1 heterocycles. The number of benzene rings is 1. The van der Waals surface area contributed by atoms with Crippen molar-refractivity contribution in [1.29, 1.82) is 0 Å². The smallest absolute Gasteiger partial charge is 0.303 e. The van der Waals surface area contributed by atoms with Crippen LogP contribution in [0.25, 0.3) is 0 Å². The highest BCUT2D eigenvalue weighted by atomic mass is 35.5. The van der Waals surface area contributed by atoms with Crippen LogP contribution in [0.2, 0.25) is 0 Å². The van der Waals surface area contributed by atoms with E-state index in [1.54, 1.807) is 0 Å². The molecule has 0 bridgehead atoms. The highest BCUT2D eigenvalue weighted by Crippen LogP contribution is 2.44. The first kappa shape index (κ1) is 20.7. The van der Waals surface area contributed by atoms with Gasteiger partial charge in [-0.25, -0.2) is 0 Å². The molecule has 144 valence electrons. The Kier molecular flexibility index (Phi) is 7.47. The molecule has 1 aromatic carbocycles. The molecule has 6 heteroatoms. The number of hydrogen-bond acceptors (Lipinski definition) is 3. The molecule has 0 radical (unpaired) electrons. The third kappa shape index (κ3) is 5.45. The molecule has 1 saturated heterocycles. The van der Waals surface area contributed by atoms with E-state index in [4.69, 9.17) is 0 Å². The summed E-state index contributed by atoms with van der Waals surface area (Å²) in [5.74, 6) is -0.634. The Balaban J connectivity index is 0.00000243. The Labute approximate surface area is 161 Å². The van der Waals surface area contributed by atoms with Gasteiger partial charge < -0.3 is 10.0 Å². The quantitative estimate of drug-likeness (QED) is 0.823. The summed E-state index contributed by atoms with van der Waals surface area (Å²) in [6.45, 7) is 4.18. The van der Waals surface area contributed by atoms with Gasteiger partial charge in [0.1, 0.15) is 0 Å². The van der Waals surface area contributed by atoms with Crippen LogP contribution in [0, 0.1) is 5.41 Å². The lowest BCUT2D eigenvalue weighted by Gasteiger charge is -2.37. The van der Waals surface area contributed by atoms with E-state index >= 15 is 0 Å². The number of nitrogens with zero attached hydrogens (tertiary/aromatic N) is 2. The fraction of sp³-hybridized carbons (Fsp3) is 0.600. The number of carbonyl (C=O) groups is 2. The van der Waals surface area contributed by atoms with Gasteiger partial charge in [0.15, 0.2) is 0 Å². The Morgan fingerprint density at radius 1 is 0.962 bits per heavy atom. The number of hydrogen-bond donors (Lipinski definition) is 1. The molecule has 1 saturated carbocycles. The van der Waals surface area contributed by atoms with Crippen LogP contribution in [-0.4, -0.2) is 53.0 Å². The number of rotatable bonds is 6. The molecule has 1 amide bonds. The van der Waals surface area contributed by atoms with Crippen LogP contribution in [0.5, 0.6) is 0 Å². The van der Waals surface area contributed by atoms with Gasteiger partial charge in [-0.2, -0.15) is 0 Å². The molecule has 1 N–H and O–H groups in total. The van der Waals surface area contributed by atoms with Gasteiger partial charge in [-0.1, -0.05) is 43.2 Å². The van der Waals surface area contributed by atoms with E-state index in [-0.39, 0.29) is 30.2 Å². The zero-order chi connectivity index (χ0) is 17.7. The minimum Gasteiger partial charge on any atom is -0.481 e. The van der Waals surface area contributed by atoms with E-state index < -0.39 is 5.97 Å². The van der Waals surface area contributed by atoms with Crippen molar-refractivity contribution in [1.82, 2.24) is 9.80 Å². The van der Waals surface area contributed by atoms with Crippen LogP contribution in [0.15, 0.2) is 30.3 Å². The fourth-order valence-corrected chi connectivity index (χ4v) is 4.29. The van der Waals surface area contributed by atoms with Gasteiger partial charge >= 0.3 is 5.97 Å². The molecule has 0 aromatic heterocycles. The Bertz CT molecular complexity index is 594. The SMILES string of the molecule is Cl.O=C(O)CC1(CC(=O)N2CCN(Cc3ccccc3)CC2)CCCC1. The summed E-state index contributed by atoms with van der Waals surface area (Å²) in [5.41, 5.74) is 0.998. The molecule has 0 atom stereocenters. The summed E-state index contributed by atoms with van der Waals surface area (Å²) >= 11 is 0. The van der Waals surface area contributed by atoms with Crippen LogP contribution in [0.4, 0.5) is 0 Å². The predicted molar refractivity (Wildman–Crippen MR) is 103 cm³/mol. The fourth-order valence-electron chi connectivity index (χ4n) is 4.29. The number of carboxylic acids is 1. The average Bonchev–Trinajstić information content (AvgIpc) is 3.03. The molecule has 1 aromatic rings. The topological polar surface area (TPSA) is 60.9 Å². The standard InChI is InChI=1S/C20H28N2O3.ClH/c23-18(14-20(15-19(24)25)8-4-5-9-20)22-12-10-21(11-13-22)16-17-6-2-1-3-7-17;/h1-3,6-7H,4-5,8-16H2,(H,24,25);1H. The van der Waals surface area contributed by atoms with Crippen LogP contribution in [-0.2, 0) is 16.1 Å². The Morgan fingerprint density at radius 3 is 2.15 bits per heavy atom. The maximum absolute atomic E-state index is 12.7. The summed E-state index contributed by atoms with van der Waals surface area (Å²) in [6.07, 6.45) is 4.37. The van der Waals surface area contributed by atoms with E-state index in [1.165, 1.54) is 5.56 Å². The van der Waals surface area contributed by atoms with Crippen molar-refractivity contribution >= 4 is 24.3 Å². The van der Waals surface area contributed by atoms with Crippen molar-refractivity contribution in [2.45, 2.75) is 45.1 Å². The van der Waals surface area contributed by atoms with Crippen LogP contribution in [0.3, 0.4) is 0 Å². The molecule has 2 fully saturated rings. The number of carbonyl (C=O) groups excluding carboxylic acids is 1. The minimum atomic E-state index is -0.776. The lowest BCUT2D eigenvalue weighted by Crippen LogP contribution is -2.49. The molecular weight excluding hydrogens is 352 g/mol. The lowest BCUT2D eigenvalue weighted by molar-refractivity contribution is -0.142. The van der Waals surface area contributed by atoms with Gasteiger partial charge in [-0.05, 0) is 23.8 Å². The highest BCUT2D eigenvalue weighted by molar-refractivity contribution is 5.85. The average molecular weight is 381 g/mol. The first-order chi connectivity index (χ1) is 12.1. The van der Waals surface area contributed by atoms with Crippen LogP contribution < -0.4 is 0 Å². The summed E-state index contributed by atoms with van der Waals surface area (Å²) in [7, 11) is 0. The maximum atomic E-state index is 12.7. The molecule has 3 rings (SSSR count).